The minimum Gasteiger partial charge on any atom is -0.473 e. The summed E-state index contributed by atoms with van der Waals surface area (Å²) in [5.74, 6) is 0.518. The van der Waals surface area contributed by atoms with Crippen LogP contribution in [0.4, 0.5) is 5.69 Å². The number of nitrogens with two attached hydrogens (primary N) is 1. The maximum Gasteiger partial charge on any atom is 0.240 e. The molecule has 1 saturated heterocycles. The first kappa shape index (κ1) is 8.91. The van der Waals surface area contributed by atoms with Gasteiger partial charge in [0, 0.05) is 18.4 Å². The number of rotatable bonds is 2. The van der Waals surface area contributed by atoms with E-state index < -0.39 is 0 Å². The van der Waals surface area contributed by atoms with Crippen LogP contribution in [0.5, 0.6) is 5.88 Å². The molecule has 5 heteroatoms. The fraction of sp³-hybridized carbons (Fsp3) is 0.600. The minimum absolute atomic E-state index is 0.259. The predicted octanol–water partition coefficient (Wildman–Crippen LogP) is 0.332. The van der Waals surface area contributed by atoms with Crippen LogP contribution in [0.2, 0.25) is 0 Å². The Kier molecular flexibility index (Phi) is 1.82. The lowest BCUT2D eigenvalue weighted by Gasteiger charge is -2.54. The molecule has 2 heterocycles. The van der Waals surface area contributed by atoms with E-state index in [1.807, 2.05) is 0 Å². The monoisotopic (exact) mass is 206 g/mol. The van der Waals surface area contributed by atoms with Gasteiger partial charge in [0.1, 0.15) is 18.1 Å². The van der Waals surface area contributed by atoms with Gasteiger partial charge in [0.2, 0.25) is 5.88 Å². The van der Waals surface area contributed by atoms with Crippen LogP contribution < -0.4 is 15.8 Å². The zero-order valence-corrected chi connectivity index (χ0v) is 8.44. The average molecular weight is 206 g/mol. The van der Waals surface area contributed by atoms with Crippen molar-refractivity contribution in [1.82, 2.24) is 15.3 Å². The number of hydrogen-bond acceptors (Lipinski definition) is 5. The van der Waals surface area contributed by atoms with Crippen LogP contribution in [0.1, 0.15) is 19.3 Å². The molecule has 2 aliphatic rings. The molecule has 1 aromatic rings. The zero-order valence-electron chi connectivity index (χ0n) is 8.44. The molecule has 0 aromatic carbocycles. The molecule has 1 aliphatic carbocycles. The van der Waals surface area contributed by atoms with Gasteiger partial charge < -0.3 is 15.8 Å². The maximum atomic E-state index is 5.70. The molecule has 3 rings (SSSR count). The first-order valence-corrected chi connectivity index (χ1v) is 5.25. The van der Waals surface area contributed by atoms with Crippen LogP contribution in [-0.2, 0) is 0 Å². The standard InChI is InChI=1S/C10H14N4O/c11-8-5-12-6-13-9(8)15-7-3-10(4-7)1-2-14-10/h5-7,14H,1-4,11H2. The van der Waals surface area contributed by atoms with E-state index in [2.05, 4.69) is 15.3 Å². The van der Waals surface area contributed by atoms with Gasteiger partial charge in [-0.25, -0.2) is 4.98 Å². The van der Waals surface area contributed by atoms with Crippen molar-refractivity contribution < 1.29 is 4.74 Å². The lowest BCUT2D eigenvalue weighted by molar-refractivity contribution is -0.0204. The highest BCUT2D eigenvalue weighted by Gasteiger charge is 2.49. The summed E-state index contributed by atoms with van der Waals surface area (Å²) in [4.78, 5) is 7.84. The summed E-state index contributed by atoms with van der Waals surface area (Å²) in [7, 11) is 0. The summed E-state index contributed by atoms with van der Waals surface area (Å²) in [6.45, 7) is 1.14. The highest BCUT2D eigenvalue weighted by Crippen LogP contribution is 2.41. The summed E-state index contributed by atoms with van der Waals surface area (Å²) in [5, 5.41) is 3.44. The van der Waals surface area contributed by atoms with Gasteiger partial charge in [0.15, 0.2) is 0 Å². The van der Waals surface area contributed by atoms with E-state index in [4.69, 9.17) is 10.5 Å². The highest BCUT2D eigenvalue weighted by molar-refractivity contribution is 5.44. The third-order valence-electron chi connectivity index (χ3n) is 3.32. The first-order chi connectivity index (χ1) is 7.27. The molecular weight excluding hydrogens is 192 g/mol. The number of anilines is 1. The fourth-order valence-corrected chi connectivity index (χ4v) is 2.31. The van der Waals surface area contributed by atoms with Crippen LogP contribution >= 0.6 is 0 Å². The number of ether oxygens (including phenoxy) is 1. The fourth-order valence-electron chi connectivity index (χ4n) is 2.31. The molecule has 3 N–H and O–H groups in total. The van der Waals surface area contributed by atoms with Crippen LogP contribution in [0, 0.1) is 0 Å². The van der Waals surface area contributed by atoms with Gasteiger partial charge in [0.05, 0.1) is 6.20 Å². The predicted molar refractivity (Wildman–Crippen MR) is 55.4 cm³/mol. The third-order valence-corrected chi connectivity index (χ3v) is 3.32. The first-order valence-electron chi connectivity index (χ1n) is 5.25. The molecule has 1 spiro atoms. The Labute approximate surface area is 88.1 Å². The van der Waals surface area contributed by atoms with E-state index in [-0.39, 0.29) is 6.10 Å². The summed E-state index contributed by atoms with van der Waals surface area (Å²) < 4.78 is 5.70. The van der Waals surface area contributed by atoms with Gasteiger partial charge in [-0.1, -0.05) is 0 Å². The van der Waals surface area contributed by atoms with Crippen molar-refractivity contribution in [2.24, 2.45) is 0 Å². The Morgan fingerprint density at radius 3 is 2.93 bits per heavy atom. The van der Waals surface area contributed by atoms with E-state index in [0.29, 0.717) is 17.1 Å². The van der Waals surface area contributed by atoms with E-state index in [1.54, 1.807) is 6.20 Å². The van der Waals surface area contributed by atoms with E-state index in [0.717, 1.165) is 19.4 Å². The second-order valence-electron chi connectivity index (χ2n) is 4.39. The summed E-state index contributed by atoms with van der Waals surface area (Å²) in [6.07, 6.45) is 6.69. The van der Waals surface area contributed by atoms with Gasteiger partial charge in [0.25, 0.3) is 0 Å². The topological polar surface area (TPSA) is 73.1 Å². The van der Waals surface area contributed by atoms with Crippen LogP contribution in [-0.4, -0.2) is 28.2 Å². The number of hydrogen-bond donors (Lipinski definition) is 2. The van der Waals surface area contributed by atoms with Gasteiger partial charge in [-0.15, -0.1) is 0 Å². The molecule has 1 aliphatic heterocycles. The number of nitrogens with one attached hydrogen (secondary N) is 1. The second kappa shape index (κ2) is 3.06. The Morgan fingerprint density at radius 1 is 1.53 bits per heavy atom. The molecule has 0 unspecified atom stereocenters. The van der Waals surface area contributed by atoms with Crippen molar-refractivity contribution in [3.8, 4) is 5.88 Å². The molecule has 5 nitrogen and oxygen atoms in total. The minimum atomic E-state index is 0.259. The summed E-state index contributed by atoms with van der Waals surface area (Å²) >= 11 is 0. The summed E-state index contributed by atoms with van der Waals surface area (Å²) in [6, 6.07) is 0. The Balaban J connectivity index is 1.61. The van der Waals surface area contributed by atoms with E-state index in [9.17, 15) is 0 Å². The molecule has 1 saturated carbocycles. The van der Waals surface area contributed by atoms with Crippen molar-refractivity contribution in [3.63, 3.8) is 0 Å². The Hall–Kier alpha value is -1.36. The number of aromatic nitrogens is 2. The van der Waals surface area contributed by atoms with Crippen molar-refractivity contribution in [2.75, 3.05) is 12.3 Å². The van der Waals surface area contributed by atoms with Gasteiger partial charge in [-0.05, 0) is 13.0 Å². The Bertz CT molecular complexity index is 369. The lowest BCUT2D eigenvalue weighted by atomic mass is 9.68. The molecule has 1 aromatic heterocycles. The van der Waals surface area contributed by atoms with E-state index >= 15 is 0 Å². The molecule has 80 valence electrons. The van der Waals surface area contributed by atoms with Gasteiger partial charge in [-0.2, -0.15) is 4.98 Å². The van der Waals surface area contributed by atoms with Crippen LogP contribution in [0.3, 0.4) is 0 Å². The van der Waals surface area contributed by atoms with Crippen molar-refractivity contribution in [3.05, 3.63) is 12.5 Å². The molecule has 0 radical (unpaired) electrons. The average Bonchev–Trinajstić information content (AvgIpc) is 2.10. The molecule has 2 fully saturated rings. The van der Waals surface area contributed by atoms with Gasteiger partial charge >= 0.3 is 0 Å². The lowest BCUT2D eigenvalue weighted by Crippen LogP contribution is -2.67. The maximum absolute atomic E-state index is 5.70. The highest BCUT2D eigenvalue weighted by atomic mass is 16.5. The molecule has 0 bridgehead atoms. The number of nitrogens with zero attached hydrogens (tertiary/aromatic N) is 2. The number of nitrogen functional groups attached to an aromatic ring is 1. The third kappa shape index (κ3) is 1.43. The van der Waals surface area contributed by atoms with Crippen molar-refractivity contribution in [1.29, 1.82) is 0 Å². The zero-order chi connectivity index (χ0) is 10.3. The van der Waals surface area contributed by atoms with Gasteiger partial charge in [-0.3, -0.25) is 0 Å². The van der Waals surface area contributed by atoms with Crippen LogP contribution in [0.15, 0.2) is 12.5 Å². The summed E-state index contributed by atoms with van der Waals surface area (Å²) in [5.41, 5.74) is 6.59. The van der Waals surface area contributed by atoms with Crippen molar-refractivity contribution in [2.45, 2.75) is 30.9 Å². The second-order valence-corrected chi connectivity index (χ2v) is 4.39. The van der Waals surface area contributed by atoms with E-state index in [1.165, 1.54) is 12.7 Å². The molecule has 0 atom stereocenters. The Morgan fingerprint density at radius 2 is 2.33 bits per heavy atom. The van der Waals surface area contributed by atoms with Crippen molar-refractivity contribution >= 4 is 5.69 Å². The smallest absolute Gasteiger partial charge is 0.240 e. The molecule has 0 amide bonds. The quantitative estimate of drug-likeness (QED) is 0.729. The molecular formula is C10H14N4O. The van der Waals surface area contributed by atoms with Crippen LogP contribution in [0.25, 0.3) is 0 Å². The SMILES string of the molecule is Nc1cncnc1OC1CC2(CCN2)C1. The largest absolute Gasteiger partial charge is 0.473 e. The molecule has 15 heavy (non-hydrogen) atoms. The normalized spacial score (nSPS) is 33.2.